The van der Waals surface area contributed by atoms with Crippen molar-refractivity contribution >= 4 is 11.9 Å². The molecule has 0 bridgehead atoms. The maximum atomic E-state index is 11.9. The van der Waals surface area contributed by atoms with Crippen molar-refractivity contribution in [2.75, 3.05) is 13.7 Å². The molecule has 1 aromatic carbocycles. The zero-order valence-corrected chi connectivity index (χ0v) is 13.0. The molecule has 0 radical (unpaired) electrons. The summed E-state index contributed by atoms with van der Waals surface area (Å²) in [6, 6.07) is 8.99. The second kappa shape index (κ2) is 7.49. The predicted octanol–water partition coefficient (Wildman–Crippen LogP) is 2.60. The lowest BCUT2D eigenvalue weighted by molar-refractivity contribution is 0.0696. The van der Waals surface area contributed by atoms with Gasteiger partial charge in [0.1, 0.15) is 12.0 Å². The van der Waals surface area contributed by atoms with E-state index in [1.54, 1.807) is 7.11 Å². The summed E-state index contributed by atoms with van der Waals surface area (Å²) in [5.41, 5.74) is 1.11. The van der Waals surface area contributed by atoms with Crippen molar-refractivity contribution in [2.24, 2.45) is 5.92 Å². The lowest BCUT2D eigenvalue weighted by atomic mass is 10.0. The minimum Gasteiger partial charge on any atom is -0.497 e. The van der Waals surface area contributed by atoms with Gasteiger partial charge in [-0.05, 0) is 30.0 Å². The number of carboxylic acids is 1. The Kier molecular flexibility index (Phi) is 5.41. The first kappa shape index (κ1) is 16.6. The number of furan rings is 1. The fourth-order valence-electron chi connectivity index (χ4n) is 2.16. The lowest BCUT2D eigenvalue weighted by Gasteiger charge is -2.12. The minimum absolute atomic E-state index is 0.000882. The van der Waals surface area contributed by atoms with Crippen LogP contribution in [0.15, 0.2) is 41.0 Å². The molecule has 6 heteroatoms. The molecule has 1 atom stereocenters. The summed E-state index contributed by atoms with van der Waals surface area (Å²) in [5.74, 6) is -0.512. The Morgan fingerprint density at radius 2 is 2.00 bits per heavy atom. The number of carbonyl (C=O) groups excluding carboxylic acids is 1. The Hall–Kier alpha value is -2.76. The summed E-state index contributed by atoms with van der Waals surface area (Å²) in [6.45, 7) is 2.49. The zero-order chi connectivity index (χ0) is 16.8. The maximum Gasteiger partial charge on any atom is 0.338 e. The van der Waals surface area contributed by atoms with E-state index in [4.69, 9.17) is 14.3 Å². The average molecular weight is 317 g/mol. The Morgan fingerprint density at radius 3 is 2.57 bits per heavy atom. The molecule has 0 saturated carbocycles. The Labute approximate surface area is 134 Å². The van der Waals surface area contributed by atoms with Crippen LogP contribution in [-0.4, -0.2) is 30.6 Å². The number of nitrogens with one attached hydrogen (secondary N) is 1. The molecule has 0 aliphatic carbocycles. The van der Waals surface area contributed by atoms with E-state index in [0.717, 1.165) is 24.0 Å². The monoisotopic (exact) mass is 317 g/mol. The van der Waals surface area contributed by atoms with Gasteiger partial charge in [0.05, 0.1) is 12.7 Å². The number of hydrogen-bond acceptors (Lipinski definition) is 4. The maximum absolute atomic E-state index is 11.9. The van der Waals surface area contributed by atoms with Gasteiger partial charge in [-0.25, -0.2) is 4.79 Å². The average Bonchev–Trinajstić information content (AvgIpc) is 3.03. The van der Waals surface area contributed by atoms with Crippen molar-refractivity contribution in [3.05, 3.63) is 53.5 Å². The summed E-state index contributed by atoms with van der Waals surface area (Å²) in [7, 11) is 1.62. The van der Waals surface area contributed by atoms with Gasteiger partial charge in [-0.15, -0.1) is 0 Å². The molecule has 1 unspecified atom stereocenters. The van der Waals surface area contributed by atoms with Crippen molar-refractivity contribution < 1.29 is 23.8 Å². The van der Waals surface area contributed by atoms with E-state index in [2.05, 4.69) is 5.32 Å². The van der Waals surface area contributed by atoms with E-state index in [-0.39, 0.29) is 17.2 Å². The Morgan fingerprint density at radius 1 is 1.30 bits per heavy atom. The fraction of sp³-hybridized carbons (Fsp3) is 0.294. The van der Waals surface area contributed by atoms with Crippen LogP contribution in [0, 0.1) is 5.92 Å². The molecule has 0 spiro atoms. The van der Waals surface area contributed by atoms with Gasteiger partial charge in [0, 0.05) is 12.6 Å². The molecule has 1 heterocycles. The van der Waals surface area contributed by atoms with E-state index in [1.165, 1.54) is 6.07 Å². The zero-order valence-electron chi connectivity index (χ0n) is 13.0. The van der Waals surface area contributed by atoms with Crippen LogP contribution in [0.3, 0.4) is 0 Å². The summed E-state index contributed by atoms with van der Waals surface area (Å²) >= 11 is 0. The standard InChI is InChI=1S/C17H19NO5/c1-11(7-12-3-5-14(22-2)6-4-12)9-18-16(19)15-8-13(10-23-15)17(20)21/h3-6,8,10-11H,7,9H2,1-2H3,(H,18,19)(H,20,21). The second-order valence-corrected chi connectivity index (χ2v) is 5.37. The molecule has 1 amide bonds. The molecule has 0 aliphatic rings. The summed E-state index contributed by atoms with van der Waals surface area (Å²) in [4.78, 5) is 22.7. The van der Waals surface area contributed by atoms with Gasteiger partial charge in [0.25, 0.3) is 5.91 Å². The number of carbonyl (C=O) groups is 2. The van der Waals surface area contributed by atoms with Gasteiger partial charge < -0.3 is 19.6 Å². The number of amides is 1. The highest BCUT2D eigenvalue weighted by Crippen LogP contribution is 2.14. The van der Waals surface area contributed by atoms with Crippen LogP contribution in [0.4, 0.5) is 0 Å². The van der Waals surface area contributed by atoms with Crippen molar-refractivity contribution in [1.82, 2.24) is 5.32 Å². The largest absolute Gasteiger partial charge is 0.497 e. The van der Waals surface area contributed by atoms with Gasteiger partial charge in [-0.2, -0.15) is 0 Å². The highest BCUT2D eigenvalue weighted by atomic mass is 16.5. The van der Waals surface area contributed by atoms with Crippen LogP contribution in [-0.2, 0) is 6.42 Å². The van der Waals surface area contributed by atoms with E-state index in [0.29, 0.717) is 6.54 Å². The molecule has 2 N–H and O–H groups in total. The number of hydrogen-bond donors (Lipinski definition) is 2. The number of aromatic carboxylic acids is 1. The molecule has 0 aliphatic heterocycles. The van der Waals surface area contributed by atoms with Gasteiger partial charge in [0.15, 0.2) is 5.76 Å². The van der Waals surface area contributed by atoms with Crippen LogP contribution in [0.25, 0.3) is 0 Å². The molecule has 122 valence electrons. The van der Waals surface area contributed by atoms with Gasteiger partial charge >= 0.3 is 5.97 Å². The third-order valence-corrected chi connectivity index (χ3v) is 3.42. The van der Waals surface area contributed by atoms with Crippen molar-refractivity contribution in [3.8, 4) is 5.75 Å². The molecular weight excluding hydrogens is 298 g/mol. The third kappa shape index (κ3) is 4.60. The lowest BCUT2D eigenvalue weighted by Crippen LogP contribution is -2.28. The molecule has 2 rings (SSSR count). The van der Waals surface area contributed by atoms with E-state index < -0.39 is 11.9 Å². The molecule has 0 fully saturated rings. The summed E-state index contributed by atoms with van der Waals surface area (Å²) in [5, 5.41) is 11.5. The smallest absolute Gasteiger partial charge is 0.338 e. The molecule has 23 heavy (non-hydrogen) atoms. The van der Waals surface area contributed by atoms with Crippen LogP contribution >= 0.6 is 0 Å². The number of carboxylic acid groups (broad SMARTS) is 1. The van der Waals surface area contributed by atoms with Gasteiger partial charge in [-0.3, -0.25) is 4.79 Å². The van der Waals surface area contributed by atoms with Crippen molar-refractivity contribution in [1.29, 1.82) is 0 Å². The molecule has 0 saturated heterocycles. The van der Waals surface area contributed by atoms with Crippen LogP contribution in [0.1, 0.15) is 33.4 Å². The van der Waals surface area contributed by atoms with E-state index >= 15 is 0 Å². The molecule has 2 aromatic rings. The quantitative estimate of drug-likeness (QED) is 0.819. The van der Waals surface area contributed by atoms with Crippen LogP contribution in [0.2, 0.25) is 0 Å². The SMILES string of the molecule is COc1ccc(CC(C)CNC(=O)c2cc(C(=O)O)co2)cc1. The summed E-state index contributed by atoms with van der Waals surface area (Å²) < 4.78 is 10.1. The Balaban J connectivity index is 1.83. The number of methoxy groups -OCH3 is 1. The highest BCUT2D eigenvalue weighted by Gasteiger charge is 2.15. The van der Waals surface area contributed by atoms with Gasteiger partial charge in [0.2, 0.25) is 0 Å². The highest BCUT2D eigenvalue weighted by molar-refractivity contribution is 5.95. The molecular formula is C17H19NO5. The minimum atomic E-state index is -1.12. The molecule has 6 nitrogen and oxygen atoms in total. The van der Waals surface area contributed by atoms with Crippen molar-refractivity contribution in [3.63, 3.8) is 0 Å². The van der Waals surface area contributed by atoms with Crippen LogP contribution in [0.5, 0.6) is 5.75 Å². The first-order valence-corrected chi connectivity index (χ1v) is 7.22. The first-order valence-electron chi connectivity index (χ1n) is 7.22. The van der Waals surface area contributed by atoms with Gasteiger partial charge in [-0.1, -0.05) is 19.1 Å². The first-order chi connectivity index (χ1) is 11.0. The number of rotatable bonds is 7. The molecule has 1 aromatic heterocycles. The number of benzene rings is 1. The van der Waals surface area contributed by atoms with Crippen LogP contribution < -0.4 is 10.1 Å². The fourth-order valence-corrected chi connectivity index (χ4v) is 2.16. The number of ether oxygens (including phenoxy) is 1. The Bertz CT molecular complexity index is 675. The van der Waals surface area contributed by atoms with E-state index in [1.807, 2.05) is 31.2 Å². The van der Waals surface area contributed by atoms with Crippen molar-refractivity contribution in [2.45, 2.75) is 13.3 Å². The third-order valence-electron chi connectivity index (χ3n) is 3.42. The summed E-state index contributed by atoms with van der Waals surface area (Å²) in [6.07, 6.45) is 1.86. The van der Waals surface area contributed by atoms with E-state index in [9.17, 15) is 9.59 Å². The second-order valence-electron chi connectivity index (χ2n) is 5.37. The normalized spacial score (nSPS) is 11.7. The predicted molar refractivity (Wildman–Crippen MR) is 83.9 cm³/mol. The topological polar surface area (TPSA) is 88.8 Å².